The number of Topliss-reactive ketones (excluding diaryl/α,β-unsaturated/α-hetero) is 1. The third-order valence-electron chi connectivity index (χ3n) is 5.92. The topological polar surface area (TPSA) is 52.7 Å². The second-order valence-corrected chi connectivity index (χ2v) is 7.79. The van der Waals surface area contributed by atoms with Crippen molar-refractivity contribution in [1.82, 2.24) is 15.1 Å². The molecule has 1 saturated heterocycles. The molecule has 1 aromatic rings. The van der Waals surface area contributed by atoms with Gasteiger partial charge in [0.1, 0.15) is 5.57 Å². The molecule has 1 N–H and O–H groups in total. The number of ketones is 1. The molecule has 3 aliphatic rings. The summed E-state index contributed by atoms with van der Waals surface area (Å²) in [6, 6.07) is 9.88. The number of likely N-dealkylation sites (N-methyl/N-ethyl adjacent to an activating group) is 2. The van der Waals surface area contributed by atoms with Crippen molar-refractivity contribution in [1.29, 1.82) is 0 Å². The van der Waals surface area contributed by atoms with Gasteiger partial charge in [0, 0.05) is 33.2 Å². The molecule has 0 radical (unpaired) electrons. The summed E-state index contributed by atoms with van der Waals surface area (Å²) in [5.74, 6) is -0.368. The lowest BCUT2D eigenvalue weighted by molar-refractivity contribution is -0.121. The van der Waals surface area contributed by atoms with E-state index in [1.54, 1.807) is 0 Å². The fraction of sp³-hybridized carbons (Fsp3) is 0.455. The van der Waals surface area contributed by atoms with E-state index in [4.69, 9.17) is 0 Å². The summed E-state index contributed by atoms with van der Waals surface area (Å²) < 4.78 is 0. The maximum atomic E-state index is 13.4. The smallest absolute Gasteiger partial charge is 0.257 e. The van der Waals surface area contributed by atoms with E-state index in [9.17, 15) is 9.59 Å². The minimum Gasteiger partial charge on any atom is -0.371 e. The number of nitrogens with zero attached hydrogens (tertiary/aromatic N) is 2. The van der Waals surface area contributed by atoms with Gasteiger partial charge in [0.25, 0.3) is 5.91 Å². The molecule has 2 fully saturated rings. The summed E-state index contributed by atoms with van der Waals surface area (Å²) >= 11 is 0. The second-order valence-electron chi connectivity index (χ2n) is 7.79. The fourth-order valence-electron chi connectivity index (χ4n) is 4.43. The van der Waals surface area contributed by atoms with E-state index >= 15 is 0 Å². The third-order valence-corrected chi connectivity index (χ3v) is 5.92. The number of allylic oxidation sites excluding steroid dienone is 1. The number of carbonyl (C=O) groups excluding carboxylic acids is 2. The molecule has 1 amide bonds. The Balaban J connectivity index is 1.73. The zero-order valence-corrected chi connectivity index (χ0v) is 16.1. The van der Waals surface area contributed by atoms with Gasteiger partial charge in [-0.05, 0) is 18.4 Å². The summed E-state index contributed by atoms with van der Waals surface area (Å²) in [7, 11) is 3.97. The molecule has 1 aromatic carbocycles. The fourth-order valence-corrected chi connectivity index (χ4v) is 4.43. The minimum atomic E-state index is -0.215. The van der Waals surface area contributed by atoms with Gasteiger partial charge in [-0.3, -0.25) is 9.59 Å². The summed E-state index contributed by atoms with van der Waals surface area (Å²) in [5, 5.41) is 3.14. The van der Waals surface area contributed by atoms with E-state index < -0.39 is 0 Å². The van der Waals surface area contributed by atoms with Gasteiger partial charge in [-0.2, -0.15) is 0 Å². The quantitative estimate of drug-likeness (QED) is 0.837. The van der Waals surface area contributed by atoms with Crippen LogP contribution in [0.15, 0.2) is 47.3 Å². The number of piperazine rings is 1. The van der Waals surface area contributed by atoms with Gasteiger partial charge in [-0.25, -0.2) is 0 Å². The van der Waals surface area contributed by atoms with Crippen molar-refractivity contribution >= 4 is 17.3 Å². The molecule has 0 aromatic heterocycles. The van der Waals surface area contributed by atoms with Crippen molar-refractivity contribution in [3.63, 3.8) is 0 Å². The molecule has 1 heterocycles. The Morgan fingerprint density at radius 1 is 0.963 bits per heavy atom. The Hall–Kier alpha value is -2.56. The van der Waals surface area contributed by atoms with E-state index in [0.29, 0.717) is 11.1 Å². The largest absolute Gasteiger partial charge is 0.371 e. The van der Waals surface area contributed by atoms with Gasteiger partial charge in [-0.1, -0.05) is 49.6 Å². The lowest BCUT2D eigenvalue weighted by Gasteiger charge is -2.36. The standard InChI is InChI=1S/C22H27N3O2/c1-24-13-14-25(2)20-18(22(27)23-16-11-7-4-8-12-16)21(26)17(19(20)24)15-9-5-3-6-10-15/h3,5-6,9-10,16H,4,7-8,11-14H2,1-2H3,(H,23,27). The van der Waals surface area contributed by atoms with Crippen LogP contribution in [0.25, 0.3) is 5.57 Å². The highest BCUT2D eigenvalue weighted by atomic mass is 16.2. The van der Waals surface area contributed by atoms with Crippen molar-refractivity contribution in [2.24, 2.45) is 0 Å². The average molecular weight is 365 g/mol. The number of hydrogen-bond donors (Lipinski definition) is 1. The highest BCUT2D eigenvalue weighted by molar-refractivity contribution is 6.41. The zero-order valence-electron chi connectivity index (χ0n) is 16.1. The molecular formula is C22H27N3O2. The number of nitrogens with one attached hydrogen (secondary N) is 1. The molecule has 1 aliphatic heterocycles. The molecule has 0 spiro atoms. The lowest BCUT2D eigenvalue weighted by Crippen LogP contribution is -2.42. The maximum absolute atomic E-state index is 13.4. The van der Waals surface area contributed by atoms with Gasteiger partial charge in [-0.15, -0.1) is 0 Å². The number of rotatable bonds is 3. The molecule has 1 saturated carbocycles. The van der Waals surface area contributed by atoms with Crippen LogP contribution >= 0.6 is 0 Å². The molecule has 142 valence electrons. The Morgan fingerprint density at radius 3 is 2.26 bits per heavy atom. The van der Waals surface area contributed by atoms with Crippen LogP contribution in [0.3, 0.4) is 0 Å². The van der Waals surface area contributed by atoms with Gasteiger partial charge in [0.05, 0.1) is 17.0 Å². The number of carbonyl (C=O) groups is 2. The Bertz CT molecular complexity index is 819. The summed E-state index contributed by atoms with van der Waals surface area (Å²) in [6.07, 6.45) is 5.53. The van der Waals surface area contributed by atoms with E-state index in [0.717, 1.165) is 55.7 Å². The van der Waals surface area contributed by atoms with Crippen LogP contribution in [0.4, 0.5) is 0 Å². The highest BCUT2D eigenvalue weighted by Gasteiger charge is 2.42. The average Bonchev–Trinajstić information content (AvgIpc) is 3.00. The number of fused-ring (bicyclic) bond motifs is 1. The predicted octanol–water partition coefficient (Wildman–Crippen LogP) is 2.56. The lowest BCUT2D eigenvalue weighted by atomic mass is 9.95. The molecule has 4 rings (SSSR count). The predicted molar refractivity (Wildman–Crippen MR) is 106 cm³/mol. The normalized spacial score (nSPS) is 21.0. The molecule has 5 nitrogen and oxygen atoms in total. The molecule has 5 heteroatoms. The van der Waals surface area contributed by atoms with Crippen LogP contribution in [0.1, 0.15) is 37.7 Å². The van der Waals surface area contributed by atoms with Crippen LogP contribution in [0.2, 0.25) is 0 Å². The Labute approximate surface area is 160 Å². The first-order valence-electron chi connectivity index (χ1n) is 9.90. The molecule has 0 bridgehead atoms. The van der Waals surface area contributed by atoms with Crippen molar-refractivity contribution in [3.05, 3.63) is 52.9 Å². The van der Waals surface area contributed by atoms with E-state index in [-0.39, 0.29) is 17.7 Å². The van der Waals surface area contributed by atoms with Crippen molar-refractivity contribution in [3.8, 4) is 0 Å². The number of benzene rings is 1. The van der Waals surface area contributed by atoms with Gasteiger partial charge >= 0.3 is 0 Å². The summed E-state index contributed by atoms with van der Waals surface area (Å²) in [5.41, 5.74) is 3.49. The van der Waals surface area contributed by atoms with Crippen LogP contribution in [-0.4, -0.2) is 54.7 Å². The van der Waals surface area contributed by atoms with Gasteiger partial charge < -0.3 is 15.1 Å². The Morgan fingerprint density at radius 2 is 1.59 bits per heavy atom. The van der Waals surface area contributed by atoms with E-state index in [1.165, 1.54) is 6.42 Å². The first-order valence-corrected chi connectivity index (χ1v) is 9.90. The number of hydrogen-bond acceptors (Lipinski definition) is 4. The minimum absolute atomic E-state index is 0.153. The molecule has 0 unspecified atom stereocenters. The van der Waals surface area contributed by atoms with E-state index in [1.807, 2.05) is 44.4 Å². The van der Waals surface area contributed by atoms with Gasteiger partial charge in [0.15, 0.2) is 0 Å². The first kappa shape index (κ1) is 17.8. The summed E-state index contributed by atoms with van der Waals surface area (Å²) in [4.78, 5) is 30.7. The zero-order chi connectivity index (χ0) is 19.0. The van der Waals surface area contributed by atoms with Crippen LogP contribution in [0, 0.1) is 0 Å². The first-order chi connectivity index (χ1) is 13.1. The maximum Gasteiger partial charge on any atom is 0.257 e. The third kappa shape index (κ3) is 3.15. The van der Waals surface area contributed by atoms with Crippen LogP contribution < -0.4 is 5.32 Å². The van der Waals surface area contributed by atoms with Crippen molar-refractivity contribution in [2.75, 3.05) is 27.2 Å². The molecule has 0 atom stereocenters. The highest BCUT2D eigenvalue weighted by Crippen LogP contribution is 2.40. The van der Waals surface area contributed by atoms with Crippen molar-refractivity contribution in [2.45, 2.75) is 38.1 Å². The van der Waals surface area contributed by atoms with Gasteiger partial charge in [0.2, 0.25) is 5.78 Å². The Kier molecular flexibility index (Phi) is 4.77. The molecular weight excluding hydrogens is 338 g/mol. The molecule has 27 heavy (non-hydrogen) atoms. The van der Waals surface area contributed by atoms with E-state index in [2.05, 4.69) is 15.1 Å². The SMILES string of the molecule is CN1CCN(C)C2=C(c3ccccc3)C(=O)C(C(=O)NC3CCCCC3)=C21. The van der Waals surface area contributed by atoms with Crippen LogP contribution in [-0.2, 0) is 9.59 Å². The second kappa shape index (κ2) is 7.22. The van der Waals surface area contributed by atoms with Crippen molar-refractivity contribution < 1.29 is 9.59 Å². The summed E-state index contributed by atoms with van der Waals surface area (Å²) in [6.45, 7) is 1.63. The molecule has 2 aliphatic carbocycles. The number of amides is 1. The monoisotopic (exact) mass is 365 g/mol. The van der Waals surface area contributed by atoms with Crippen LogP contribution in [0.5, 0.6) is 0 Å².